The van der Waals surface area contributed by atoms with Gasteiger partial charge in [-0.1, -0.05) is 19.9 Å². The van der Waals surface area contributed by atoms with Crippen LogP contribution in [0, 0.1) is 5.92 Å². The molecule has 0 amide bonds. The predicted octanol–water partition coefficient (Wildman–Crippen LogP) is 2.45. The van der Waals surface area contributed by atoms with Crippen LogP contribution in [0.15, 0.2) is 18.2 Å². The number of nitrogens with two attached hydrogens (primary N) is 1. The molecule has 2 N–H and O–H groups in total. The van der Waals surface area contributed by atoms with Crippen molar-refractivity contribution in [1.29, 1.82) is 0 Å². The van der Waals surface area contributed by atoms with Crippen LogP contribution in [0.4, 0.5) is 0 Å². The largest absolute Gasteiger partial charge is 0.497 e. The van der Waals surface area contributed by atoms with Gasteiger partial charge in [-0.3, -0.25) is 0 Å². The number of aryl methyl sites for hydroxylation is 1. The first-order chi connectivity index (χ1) is 7.08. The summed E-state index contributed by atoms with van der Waals surface area (Å²) in [5.74, 6) is 1.37. The summed E-state index contributed by atoms with van der Waals surface area (Å²) in [4.78, 5) is 0. The molecule has 0 heterocycles. The van der Waals surface area contributed by atoms with Gasteiger partial charge in [0, 0.05) is 5.54 Å². The molecule has 0 bridgehead atoms. The van der Waals surface area contributed by atoms with Crippen LogP contribution in [0.2, 0.25) is 0 Å². The van der Waals surface area contributed by atoms with Crippen LogP contribution in [0.5, 0.6) is 5.75 Å². The fourth-order valence-electron chi connectivity index (χ4n) is 2.41. The van der Waals surface area contributed by atoms with E-state index in [9.17, 15) is 0 Å². The third kappa shape index (κ3) is 1.53. The number of rotatable bonds is 2. The van der Waals surface area contributed by atoms with E-state index in [1.165, 1.54) is 11.1 Å². The minimum Gasteiger partial charge on any atom is -0.497 e. The minimum atomic E-state index is -0.163. The van der Waals surface area contributed by atoms with Gasteiger partial charge in [-0.05, 0) is 42.0 Å². The Kier molecular flexibility index (Phi) is 2.47. The summed E-state index contributed by atoms with van der Waals surface area (Å²) >= 11 is 0. The maximum Gasteiger partial charge on any atom is 0.119 e. The van der Waals surface area contributed by atoms with Crippen molar-refractivity contribution in [1.82, 2.24) is 0 Å². The highest BCUT2D eigenvalue weighted by atomic mass is 16.5. The third-order valence-electron chi connectivity index (χ3n) is 3.66. The molecule has 1 unspecified atom stereocenters. The Bertz CT molecular complexity index is 373. The van der Waals surface area contributed by atoms with E-state index < -0.39 is 0 Å². The van der Waals surface area contributed by atoms with Gasteiger partial charge in [0.2, 0.25) is 0 Å². The summed E-state index contributed by atoms with van der Waals surface area (Å²) in [5, 5.41) is 0. The summed E-state index contributed by atoms with van der Waals surface area (Å²) in [5.41, 5.74) is 8.98. The molecule has 2 rings (SSSR count). The van der Waals surface area contributed by atoms with E-state index in [2.05, 4.69) is 26.0 Å². The van der Waals surface area contributed by atoms with Gasteiger partial charge in [0.05, 0.1) is 7.11 Å². The molecule has 1 aliphatic carbocycles. The molecule has 2 heteroatoms. The molecule has 1 aliphatic rings. The molecule has 0 aliphatic heterocycles. The number of hydrogen-bond donors (Lipinski definition) is 1. The highest BCUT2D eigenvalue weighted by molar-refractivity contribution is 5.44. The molecule has 0 aromatic heterocycles. The van der Waals surface area contributed by atoms with E-state index in [1.54, 1.807) is 7.11 Å². The van der Waals surface area contributed by atoms with Crippen LogP contribution < -0.4 is 10.5 Å². The fourth-order valence-corrected chi connectivity index (χ4v) is 2.41. The monoisotopic (exact) mass is 205 g/mol. The number of ether oxygens (including phenoxy) is 1. The van der Waals surface area contributed by atoms with Crippen molar-refractivity contribution in [2.45, 2.75) is 32.2 Å². The molecule has 1 aromatic rings. The second-order valence-electron chi connectivity index (χ2n) is 4.72. The van der Waals surface area contributed by atoms with Gasteiger partial charge in [0.1, 0.15) is 5.75 Å². The number of fused-ring (bicyclic) bond motifs is 1. The number of hydrogen-bond acceptors (Lipinski definition) is 2. The Balaban J connectivity index is 2.48. The van der Waals surface area contributed by atoms with E-state index >= 15 is 0 Å². The molecular weight excluding hydrogens is 186 g/mol. The van der Waals surface area contributed by atoms with E-state index in [0.717, 1.165) is 18.6 Å². The van der Waals surface area contributed by atoms with E-state index in [-0.39, 0.29) is 5.54 Å². The fraction of sp³-hybridized carbons (Fsp3) is 0.538. The standard InChI is InChI=1S/C13H19NO/c1-9(2)13(14)7-6-10-4-5-11(15-3)8-12(10)13/h4-5,8-9H,6-7,14H2,1-3H3. The van der Waals surface area contributed by atoms with Crippen LogP contribution in [-0.4, -0.2) is 7.11 Å². The summed E-state index contributed by atoms with van der Waals surface area (Å²) in [6.45, 7) is 4.38. The summed E-state index contributed by atoms with van der Waals surface area (Å²) in [6.07, 6.45) is 2.14. The van der Waals surface area contributed by atoms with Gasteiger partial charge in [-0.25, -0.2) is 0 Å². The SMILES string of the molecule is COc1ccc2c(c1)C(N)(C(C)C)CC2. The minimum absolute atomic E-state index is 0.163. The summed E-state index contributed by atoms with van der Waals surface area (Å²) in [7, 11) is 1.70. The lowest BCUT2D eigenvalue weighted by Gasteiger charge is -2.30. The van der Waals surface area contributed by atoms with Crippen molar-refractivity contribution in [3.63, 3.8) is 0 Å². The van der Waals surface area contributed by atoms with Crippen molar-refractivity contribution in [2.24, 2.45) is 11.7 Å². The lowest BCUT2D eigenvalue weighted by Crippen LogP contribution is -2.39. The van der Waals surface area contributed by atoms with Crippen LogP contribution in [-0.2, 0) is 12.0 Å². The molecule has 1 aromatic carbocycles. The average Bonchev–Trinajstić information content (AvgIpc) is 2.57. The van der Waals surface area contributed by atoms with Gasteiger partial charge in [0.25, 0.3) is 0 Å². The molecule has 2 nitrogen and oxygen atoms in total. The quantitative estimate of drug-likeness (QED) is 0.805. The van der Waals surface area contributed by atoms with Crippen molar-refractivity contribution in [3.05, 3.63) is 29.3 Å². The normalized spacial score (nSPS) is 24.3. The van der Waals surface area contributed by atoms with Crippen LogP contribution in [0.3, 0.4) is 0 Å². The van der Waals surface area contributed by atoms with Crippen LogP contribution in [0.25, 0.3) is 0 Å². The summed E-state index contributed by atoms with van der Waals surface area (Å²) < 4.78 is 5.26. The van der Waals surface area contributed by atoms with Crippen molar-refractivity contribution < 1.29 is 4.74 Å². The third-order valence-corrected chi connectivity index (χ3v) is 3.66. The van der Waals surface area contributed by atoms with Crippen molar-refractivity contribution in [2.75, 3.05) is 7.11 Å². The topological polar surface area (TPSA) is 35.2 Å². The van der Waals surface area contributed by atoms with Crippen molar-refractivity contribution >= 4 is 0 Å². The predicted molar refractivity (Wildman–Crippen MR) is 62.0 cm³/mol. The summed E-state index contributed by atoms with van der Waals surface area (Å²) in [6, 6.07) is 6.26. The Hall–Kier alpha value is -1.02. The number of methoxy groups -OCH3 is 1. The maximum absolute atomic E-state index is 6.48. The van der Waals surface area contributed by atoms with Crippen LogP contribution >= 0.6 is 0 Å². The zero-order chi connectivity index (χ0) is 11.1. The van der Waals surface area contributed by atoms with Crippen LogP contribution in [0.1, 0.15) is 31.4 Å². The van der Waals surface area contributed by atoms with Gasteiger partial charge in [-0.2, -0.15) is 0 Å². The lowest BCUT2D eigenvalue weighted by molar-refractivity contribution is 0.315. The average molecular weight is 205 g/mol. The zero-order valence-corrected chi connectivity index (χ0v) is 9.71. The maximum atomic E-state index is 6.48. The molecule has 0 radical (unpaired) electrons. The molecule has 15 heavy (non-hydrogen) atoms. The molecular formula is C13H19NO. The van der Waals surface area contributed by atoms with Gasteiger partial charge in [-0.15, -0.1) is 0 Å². The molecule has 1 atom stereocenters. The van der Waals surface area contributed by atoms with Gasteiger partial charge < -0.3 is 10.5 Å². The second-order valence-corrected chi connectivity index (χ2v) is 4.72. The van der Waals surface area contributed by atoms with Gasteiger partial charge in [0.15, 0.2) is 0 Å². The first-order valence-corrected chi connectivity index (χ1v) is 5.54. The first-order valence-electron chi connectivity index (χ1n) is 5.54. The Labute approximate surface area is 91.4 Å². The molecule has 0 fully saturated rings. The zero-order valence-electron chi connectivity index (χ0n) is 9.71. The van der Waals surface area contributed by atoms with E-state index in [4.69, 9.17) is 10.5 Å². The molecule has 0 saturated heterocycles. The highest BCUT2D eigenvalue weighted by Crippen LogP contribution is 2.41. The van der Waals surface area contributed by atoms with Gasteiger partial charge >= 0.3 is 0 Å². The number of benzene rings is 1. The van der Waals surface area contributed by atoms with E-state index in [1.807, 2.05) is 6.07 Å². The molecule has 82 valence electrons. The lowest BCUT2D eigenvalue weighted by atomic mass is 9.82. The second kappa shape index (κ2) is 3.53. The van der Waals surface area contributed by atoms with Crippen molar-refractivity contribution in [3.8, 4) is 5.75 Å². The highest BCUT2D eigenvalue weighted by Gasteiger charge is 2.37. The Morgan fingerprint density at radius 2 is 2.13 bits per heavy atom. The molecule has 0 saturated carbocycles. The first kappa shape index (κ1) is 10.5. The smallest absolute Gasteiger partial charge is 0.119 e. The van der Waals surface area contributed by atoms with E-state index in [0.29, 0.717) is 5.92 Å². The molecule has 0 spiro atoms. The Morgan fingerprint density at radius 3 is 2.73 bits per heavy atom. The Morgan fingerprint density at radius 1 is 1.40 bits per heavy atom.